The molecule has 1 aromatic rings. The van der Waals surface area contributed by atoms with E-state index in [1.807, 2.05) is 30.3 Å². The van der Waals surface area contributed by atoms with Crippen molar-refractivity contribution in [2.45, 2.75) is 18.9 Å². The second kappa shape index (κ2) is 6.11. The molecule has 1 aliphatic heterocycles. The van der Waals surface area contributed by atoms with Gasteiger partial charge in [-0.05, 0) is 24.9 Å². The van der Waals surface area contributed by atoms with Gasteiger partial charge in [0.1, 0.15) is 0 Å². The standard InChI is InChI=1S/C12H17NO.ClH/c14-12(10-5-2-1-3-6-10)11-7-4-8-13-9-11;/h1-3,5-6,11-14H,4,7-9H2;1H. The van der Waals surface area contributed by atoms with Gasteiger partial charge in [-0.25, -0.2) is 0 Å². The van der Waals surface area contributed by atoms with Gasteiger partial charge in [0.25, 0.3) is 0 Å². The zero-order valence-corrected chi connectivity index (χ0v) is 9.54. The average Bonchev–Trinajstić information content (AvgIpc) is 2.30. The van der Waals surface area contributed by atoms with Gasteiger partial charge in [0.05, 0.1) is 6.10 Å². The highest BCUT2D eigenvalue weighted by molar-refractivity contribution is 5.85. The molecule has 1 saturated heterocycles. The van der Waals surface area contributed by atoms with Crippen molar-refractivity contribution in [3.8, 4) is 0 Å². The van der Waals surface area contributed by atoms with Gasteiger partial charge in [-0.15, -0.1) is 12.4 Å². The Labute approximate surface area is 97.1 Å². The van der Waals surface area contributed by atoms with Gasteiger partial charge in [-0.1, -0.05) is 30.3 Å². The molecule has 2 N–H and O–H groups in total. The molecule has 2 rings (SSSR count). The predicted octanol–water partition coefficient (Wildman–Crippen LogP) is 2.14. The Morgan fingerprint density at radius 2 is 2.00 bits per heavy atom. The number of aliphatic hydroxyl groups is 1. The van der Waals surface area contributed by atoms with E-state index < -0.39 is 0 Å². The Bertz CT molecular complexity index is 272. The predicted molar refractivity (Wildman–Crippen MR) is 64.2 cm³/mol. The van der Waals surface area contributed by atoms with E-state index in [4.69, 9.17) is 0 Å². The Balaban J connectivity index is 0.00000112. The van der Waals surface area contributed by atoms with Crippen LogP contribution < -0.4 is 5.32 Å². The first-order chi connectivity index (χ1) is 6.88. The van der Waals surface area contributed by atoms with Crippen LogP contribution in [0.3, 0.4) is 0 Å². The topological polar surface area (TPSA) is 32.3 Å². The number of nitrogens with one attached hydrogen (secondary N) is 1. The molecular weight excluding hydrogens is 210 g/mol. The number of aliphatic hydroxyl groups excluding tert-OH is 1. The van der Waals surface area contributed by atoms with Crippen LogP contribution in [0.25, 0.3) is 0 Å². The third kappa shape index (κ3) is 3.20. The van der Waals surface area contributed by atoms with Crippen LogP contribution >= 0.6 is 12.4 Å². The summed E-state index contributed by atoms with van der Waals surface area (Å²) < 4.78 is 0. The van der Waals surface area contributed by atoms with Crippen molar-refractivity contribution in [2.24, 2.45) is 5.92 Å². The lowest BCUT2D eigenvalue weighted by atomic mass is 9.89. The summed E-state index contributed by atoms with van der Waals surface area (Å²) in [5, 5.41) is 13.4. The molecule has 1 fully saturated rings. The first-order valence-electron chi connectivity index (χ1n) is 5.31. The van der Waals surface area contributed by atoms with Crippen LogP contribution in [0, 0.1) is 5.92 Å². The van der Waals surface area contributed by atoms with Gasteiger partial charge >= 0.3 is 0 Å². The minimum absolute atomic E-state index is 0. The third-order valence-corrected chi connectivity index (χ3v) is 2.92. The molecule has 15 heavy (non-hydrogen) atoms. The minimum atomic E-state index is -0.302. The highest BCUT2D eigenvalue weighted by atomic mass is 35.5. The van der Waals surface area contributed by atoms with Crippen molar-refractivity contribution < 1.29 is 5.11 Å². The highest BCUT2D eigenvalue weighted by Gasteiger charge is 2.22. The van der Waals surface area contributed by atoms with E-state index >= 15 is 0 Å². The number of rotatable bonds is 2. The molecule has 2 nitrogen and oxygen atoms in total. The maximum absolute atomic E-state index is 10.1. The van der Waals surface area contributed by atoms with E-state index in [-0.39, 0.29) is 18.5 Å². The quantitative estimate of drug-likeness (QED) is 0.812. The summed E-state index contributed by atoms with van der Waals surface area (Å²) >= 11 is 0. The first kappa shape index (κ1) is 12.5. The minimum Gasteiger partial charge on any atom is -0.388 e. The van der Waals surface area contributed by atoms with Crippen molar-refractivity contribution in [2.75, 3.05) is 13.1 Å². The smallest absolute Gasteiger partial charge is 0.0830 e. The van der Waals surface area contributed by atoms with Gasteiger partial charge < -0.3 is 10.4 Å². The van der Waals surface area contributed by atoms with Crippen molar-refractivity contribution in [1.82, 2.24) is 5.32 Å². The summed E-state index contributed by atoms with van der Waals surface area (Å²) in [5.74, 6) is 0.381. The maximum Gasteiger partial charge on any atom is 0.0830 e. The molecule has 0 saturated carbocycles. The third-order valence-electron chi connectivity index (χ3n) is 2.92. The number of hydrogen-bond donors (Lipinski definition) is 2. The van der Waals surface area contributed by atoms with Crippen LogP contribution in [-0.2, 0) is 0 Å². The van der Waals surface area contributed by atoms with Crippen LogP contribution in [0.5, 0.6) is 0 Å². The normalized spacial score (nSPS) is 22.9. The van der Waals surface area contributed by atoms with E-state index in [2.05, 4.69) is 5.32 Å². The SMILES string of the molecule is Cl.OC(c1ccccc1)C1CCCNC1. The number of benzene rings is 1. The molecule has 1 aromatic carbocycles. The lowest BCUT2D eigenvalue weighted by Crippen LogP contribution is -2.33. The number of hydrogen-bond acceptors (Lipinski definition) is 2. The van der Waals surface area contributed by atoms with E-state index in [1.165, 1.54) is 6.42 Å². The Hall–Kier alpha value is -0.570. The molecular formula is C12H18ClNO. The fraction of sp³-hybridized carbons (Fsp3) is 0.500. The molecule has 1 aliphatic rings. The molecule has 2 unspecified atom stereocenters. The summed E-state index contributed by atoms with van der Waals surface area (Å²) in [4.78, 5) is 0. The lowest BCUT2D eigenvalue weighted by Gasteiger charge is -2.27. The number of halogens is 1. The van der Waals surface area contributed by atoms with Crippen molar-refractivity contribution in [3.63, 3.8) is 0 Å². The van der Waals surface area contributed by atoms with Crippen LogP contribution in [0.1, 0.15) is 24.5 Å². The van der Waals surface area contributed by atoms with Gasteiger partial charge in [0.2, 0.25) is 0 Å². The average molecular weight is 228 g/mol. The van der Waals surface area contributed by atoms with E-state index in [0.29, 0.717) is 5.92 Å². The largest absolute Gasteiger partial charge is 0.388 e. The first-order valence-corrected chi connectivity index (χ1v) is 5.31. The van der Waals surface area contributed by atoms with Gasteiger partial charge in [0, 0.05) is 12.5 Å². The number of piperidine rings is 1. The van der Waals surface area contributed by atoms with E-state index in [0.717, 1.165) is 25.1 Å². The van der Waals surface area contributed by atoms with Gasteiger partial charge in [-0.2, -0.15) is 0 Å². The highest BCUT2D eigenvalue weighted by Crippen LogP contribution is 2.26. The van der Waals surface area contributed by atoms with Crippen molar-refractivity contribution >= 4 is 12.4 Å². The molecule has 0 bridgehead atoms. The zero-order chi connectivity index (χ0) is 9.80. The maximum atomic E-state index is 10.1. The molecule has 0 aliphatic carbocycles. The van der Waals surface area contributed by atoms with E-state index in [9.17, 15) is 5.11 Å². The second-order valence-corrected chi connectivity index (χ2v) is 3.96. The summed E-state index contributed by atoms with van der Waals surface area (Å²) in [6, 6.07) is 9.94. The van der Waals surface area contributed by atoms with E-state index in [1.54, 1.807) is 0 Å². The molecule has 0 aromatic heterocycles. The van der Waals surface area contributed by atoms with Gasteiger partial charge in [0.15, 0.2) is 0 Å². The Kier molecular flexibility index (Phi) is 5.09. The molecule has 0 amide bonds. The van der Waals surface area contributed by atoms with Crippen LogP contribution in [0.2, 0.25) is 0 Å². The Morgan fingerprint density at radius 3 is 2.60 bits per heavy atom. The monoisotopic (exact) mass is 227 g/mol. The summed E-state index contributed by atoms with van der Waals surface area (Å²) in [5.41, 5.74) is 1.04. The molecule has 0 radical (unpaired) electrons. The van der Waals surface area contributed by atoms with Crippen molar-refractivity contribution in [1.29, 1.82) is 0 Å². The summed E-state index contributed by atoms with van der Waals surface area (Å²) in [7, 11) is 0. The Morgan fingerprint density at radius 1 is 1.27 bits per heavy atom. The van der Waals surface area contributed by atoms with Crippen molar-refractivity contribution in [3.05, 3.63) is 35.9 Å². The van der Waals surface area contributed by atoms with Crippen LogP contribution in [0.15, 0.2) is 30.3 Å². The fourth-order valence-electron chi connectivity index (χ4n) is 2.07. The molecule has 3 heteroatoms. The molecule has 0 spiro atoms. The second-order valence-electron chi connectivity index (χ2n) is 3.96. The molecule has 84 valence electrons. The van der Waals surface area contributed by atoms with Crippen LogP contribution in [0.4, 0.5) is 0 Å². The summed E-state index contributed by atoms with van der Waals surface area (Å²) in [6.07, 6.45) is 2.00. The summed E-state index contributed by atoms with van der Waals surface area (Å²) in [6.45, 7) is 2.04. The zero-order valence-electron chi connectivity index (χ0n) is 8.73. The molecule has 1 heterocycles. The van der Waals surface area contributed by atoms with Crippen LogP contribution in [-0.4, -0.2) is 18.2 Å². The fourth-order valence-corrected chi connectivity index (χ4v) is 2.07. The lowest BCUT2D eigenvalue weighted by molar-refractivity contribution is 0.0922. The molecule has 2 atom stereocenters. The van der Waals surface area contributed by atoms with Gasteiger partial charge in [-0.3, -0.25) is 0 Å².